The number of hydrogen-bond donors (Lipinski definition) is 1. The third kappa shape index (κ3) is 3.06. The first-order chi connectivity index (χ1) is 5.68. The zero-order valence-corrected chi connectivity index (χ0v) is 7.60. The molecule has 0 unspecified atom stereocenters. The Balaban J connectivity index is 2.53. The van der Waals surface area contributed by atoms with Gasteiger partial charge >= 0.3 is 0 Å². The number of thioether (sulfide) groups is 1. The summed E-state index contributed by atoms with van der Waals surface area (Å²) in [6, 6.07) is 3.29. The molecule has 1 aromatic rings. The van der Waals surface area contributed by atoms with Crippen molar-refractivity contribution in [3.05, 3.63) is 17.3 Å². The molecule has 0 fully saturated rings. The van der Waals surface area contributed by atoms with Crippen LogP contribution in [0.15, 0.2) is 17.2 Å². The maximum Gasteiger partial charge on any atom is 0.227 e. The molecule has 0 aromatic carbocycles. The van der Waals surface area contributed by atoms with Crippen LogP contribution in [0.5, 0.6) is 0 Å². The van der Waals surface area contributed by atoms with Crippen molar-refractivity contribution in [2.24, 2.45) is 5.73 Å². The maximum absolute atomic E-state index is 10.4. The summed E-state index contributed by atoms with van der Waals surface area (Å²) in [6.07, 6.45) is 0. The first-order valence-electron chi connectivity index (χ1n) is 3.09. The van der Waals surface area contributed by atoms with Gasteiger partial charge in [0.15, 0.2) is 5.15 Å². The summed E-state index contributed by atoms with van der Waals surface area (Å²) < 4.78 is 0. The van der Waals surface area contributed by atoms with E-state index in [1.54, 1.807) is 12.1 Å². The van der Waals surface area contributed by atoms with Gasteiger partial charge in [-0.05, 0) is 12.1 Å². The van der Waals surface area contributed by atoms with E-state index < -0.39 is 0 Å². The number of amides is 1. The highest BCUT2D eigenvalue weighted by Gasteiger charge is 1.99. The summed E-state index contributed by atoms with van der Waals surface area (Å²) in [5.41, 5.74) is 4.94. The van der Waals surface area contributed by atoms with Crippen molar-refractivity contribution < 1.29 is 4.79 Å². The third-order valence-electron chi connectivity index (χ3n) is 0.970. The predicted octanol–water partition coefficient (Wildman–Crippen LogP) is 0.707. The molecule has 0 atom stereocenters. The van der Waals surface area contributed by atoms with E-state index in [4.69, 9.17) is 17.3 Å². The van der Waals surface area contributed by atoms with Gasteiger partial charge in [-0.25, -0.2) is 0 Å². The Bertz CT molecular complexity index is 277. The number of aromatic nitrogens is 2. The van der Waals surface area contributed by atoms with Gasteiger partial charge in [-0.15, -0.1) is 10.2 Å². The van der Waals surface area contributed by atoms with Crippen molar-refractivity contribution in [1.29, 1.82) is 0 Å². The lowest BCUT2D eigenvalue weighted by Gasteiger charge is -1.95. The number of carbonyl (C=O) groups is 1. The van der Waals surface area contributed by atoms with Crippen LogP contribution in [0.4, 0.5) is 0 Å². The van der Waals surface area contributed by atoms with E-state index in [-0.39, 0.29) is 11.7 Å². The second kappa shape index (κ2) is 4.27. The van der Waals surface area contributed by atoms with Gasteiger partial charge in [-0.1, -0.05) is 23.4 Å². The molecule has 2 N–H and O–H groups in total. The van der Waals surface area contributed by atoms with Gasteiger partial charge in [0.2, 0.25) is 5.91 Å². The predicted molar refractivity (Wildman–Crippen MR) is 47.0 cm³/mol. The van der Waals surface area contributed by atoms with Crippen LogP contribution in [0.1, 0.15) is 0 Å². The molecule has 0 spiro atoms. The molecular weight excluding hydrogens is 198 g/mol. The van der Waals surface area contributed by atoms with E-state index in [1.807, 2.05) is 0 Å². The number of primary amides is 1. The number of halogens is 1. The molecule has 1 aromatic heterocycles. The molecule has 4 nitrogen and oxygen atoms in total. The molecule has 0 saturated carbocycles. The maximum atomic E-state index is 10.4. The van der Waals surface area contributed by atoms with Gasteiger partial charge in [0, 0.05) is 0 Å². The summed E-state index contributed by atoms with van der Waals surface area (Å²) in [4.78, 5) is 10.4. The van der Waals surface area contributed by atoms with E-state index in [0.29, 0.717) is 10.2 Å². The molecule has 0 aliphatic rings. The Morgan fingerprint density at radius 2 is 2.33 bits per heavy atom. The fraction of sp³-hybridized carbons (Fsp3) is 0.167. The highest BCUT2D eigenvalue weighted by atomic mass is 35.5. The number of carbonyl (C=O) groups excluding carboxylic acids is 1. The van der Waals surface area contributed by atoms with Crippen molar-refractivity contribution in [3.63, 3.8) is 0 Å². The third-order valence-corrected chi connectivity index (χ3v) is 2.11. The van der Waals surface area contributed by atoms with Gasteiger partial charge in [0.25, 0.3) is 0 Å². The second-order valence-corrected chi connectivity index (χ2v) is 3.33. The van der Waals surface area contributed by atoms with Crippen LogP contribution < -0.4 is 5.73 Å². The van der Waals surface area contributed by atoms with Crippen molar-refractivity contribution in [2.45, 2.75) is 5.03 Å². The van der Waals surface area contributed by atoms with Crippen LogP contribution in [0.25, 0.3) is 0 Å². The molecule has 6 heteroatoms. The Hall–Kier alpha value is -0.810. The average Bonchev–Trinajstić information content (AvgIpc) is 2.03. The summed E-state index contributed by atoms with van der Waals surface area (Å²) in [7, 11) is 0. The van der Waals surface area contributed by atoms with Gasteiger partial charge < -0.3 is 5.73 Å². The highest BCUT2D eigenvalue weighted by molar-refractivity contribution is 7.99. The number of rotatable bonds is 3. The molecule has 0 saturated heterocycles. The number of nitrogens with zero attached hydrogens (tertiary/aromatic N) is 2. The van der Waals surface area contributed by atoms with Crippen LogP contribution >= 0.6 is 23.4 Å². The minimum absolute atomic E-state index is 0.205. The van der Waals surface area contributed by atoms with Crippen LogP contribution in [-0.2, 0) is 4.79 Å². The summed E-state index contributed by atoms with van der Waals surface area (Å²) in [5.74, 6) is -0.173. The minimum atomic E-state index is -0.378. The molecule has 0 aliphatic heterocycles. The Labute approximate surface area is 78.5 Å². The molecular formula is C6H6ClN3OS. The van der Waals surface area contributed by atoms with E-state index in [9.17, 15) is 4.79 Å². The van der Waals surface area contributed by atoms with E-state index >= 15 is 0 Å². The molecule has 1 amide bonds. The zero-order chi connectivity index (χ0) is 8.97. The van der Waals surface area contributed by atoms with Gasteiger partial charge in [-0.2, -0.15) is 0 Å². The van der Waals surface area contributed by atoms with Crippen LogP contribution in [0.2, 0.25) is 5.15 Å². The molecule has 12 heavy (non-hydrogen) atoms. The molecule has 1 rings (SSSR count). The highest BCUT2D eigenvalue weighted by Crippen LogP contribution is 2.14. The molecule has 64 valence electrons. The molecule has 1 heterocycles. The Morgan fingerprint density at radius 1 is 1.58 bits per heavy atom. The fourth-order valence-electron chi connectivity index (χ4n) is 0.526. The van der Waals surface area contributed by atoms with Crippen molar-refractivity contribution in [1.82, 2.24) is 10.2 Å². The Kier molecular flexibility index (Phi) is 3.31. The largest absolute Gasteiger partial charge is 0.369 e. The Morgan fingerprint density at radius 3 is 2.83 bits per heavy atom. The smallest absolute Gasteiger partial charge is 0.227 e. The van der Waals surface area contributed by atoms with Gasteiger partial charge in [-0.3, -0.25) is 4.79 Å². The lowest BCUT2D eigenvalue weighted by Crippen LogP contribution is -2.13. The van der Waals surface area contributed by atoms with Gasteiger partial charge in [0.1, 0.15) is 5.03 Å². The SMILES string of the molecule is NC(=O)CSc1ccc(Cl)nn1. The van der Waals surface area contributed by atoms with E-state index in [1.165, 1.54) is 11.8 Å². The van der Waals surface area contributed by atoms with Crippen molar-refractivity contribution >= 4 is 29.3 Å². The average molecular weight is 204 g/mol. The lowest BCUT2D eigenvalue weighted by atomic mass is 10.6. The summed E-state index contributed by atoms with van der Waals surface area (Å²) >= 11 is 6.73. The fourth-order valence-corrected chi connectivity index (χ4v) is 1.18. The second-order valence-electron chi connectivity index (χ2n) is 1.95. The first kappa shape index (κ1) is 9.28. The number of hydrogen-bond acceptors (Lipinski definition) is 4. The molecule has 0 bridgehead atoms. The topological polar surface area (TPSA) is 68.9 Å². The monoisotopic (exact) mass is 203 g/mol. The quantitative estimate of drug-likeness (QED) is 0.735. The van der Waals surface area contributed by atoms with Crippen LogP contribution in [-0.4, -0.2) is 21.9 Å². The lowest BCUT2D eigenvalue weighted by molar-refractivity contribution is -0.115. The standard InChI is InChI=1S/C6H6ClN3OS/c7-4-1-2-6(10-9-4)12-3-5(8)11/h1-2H,3H2,(H2,8,11). The summed E-state index contributed by atoms with van der Waals surface area (Å²) in [5, 5.41) is 8.29. The van der Waals surface area contributed by atoms with E-state index in [2.05, 4.69) is 10.2 Å². The molecule has 0 radical (unpaired) electrons. The van der Waals surface area contributed by atoms with Crippen LogP contribution in [0, 0.1) is 0 Å². The van der Waals surface area contributed by atoms with Gasteiger partial charge in [0.05, 0.1) is 5.75 Å². The van der Waals surface area contributed by atoms with Crippen LogP contribution in [0.3, 0.4) is 0 Å². The normalized spacial score (nSPS) is 9.75. The summed E-state index contributed by atoms with van der Waals surface area (Å²) in [6.45, 7) is 0. The first-order valence-corrected chi connectivity index (χ1v) is 4.45. The van der Waals surface area contributed by atoms with Crippen molar-refractivity contribution in [2.75, 3.05) is 5.75 Å². The van der Waals surface area contributed by atoms with Crippen molar-refractivity contribution in [3.8, 4) is 0 Å². The minimum Gasteiger partial charge on any atom is -0.369 e. The molecule has 0 aliphatic carbocycles. The number of nitrogens with two attached hydrogens (primary N) is 1. The zero-order valence-electron chi connectivity index (χ0n) is 6.03. The van der Waals surface area contributed by atoms with E-state index in [0.717, 1.165) is 0 Å².